The van der Waals surface area contributed by atoms with Crippen molar-refractivity contribution in [3.63, 3.8) is 0 Å². The summed E-state index contributed by atoms with van der Waals surface area (Å²) in [5, 5.41) is 3.85. The SMILES string of the molecule is Cc1cc(NS(=O)(=O)c2cc(Cl)cc(N)c2C)on1. The van der Waals surface area contributed by atoms with E-state index in [0.29, 0.717) is 16.9 Å². The van der Waals surface area contributed by atoms with E-state index < -0.39 is 10.0 Å². The zero-order valence-corrected chi connectivity index (χ0v) is 11.8. The van der Waals surface area contributed by atoms with Crippen LogP contribution in [-0.2, 0) is 10.0 Å². The Bertz CT molecular complexity index is 725. The van der Waals surface area contributed by atoms with Crippen molar-refractivity contribution < 1.29 is 12.9 Å². The number of nitrogens with one attached hydrogen (secondary N) is 1. The second-order valence-corrected chi connectivity index (χ2v) is 6.14. The van der Waals surface area contributed by atoms with Gasteiger partial charge < -0.3 is 10.3 Å². The van der Waals surface area contributed by atoms with Gasteiger partial charge in [0.05, 0.1) is 10.6 Å². The molecule has 8 heteroatoms. The van der Waals surface area contributed by atoms with Gasteiger partial charge in [0.2, 0.25) is 5.88 Å². The molecule has 19 heavy (non-hydrogen) atoms. The fourth-order valence-electron chi connectivity index (χ4n) is 1.55. The maximum Gasteiger partial charge on any atom is 0.264 e. The number of hydrogen-bond donors (Lipinski definition) is 2. The number of nitrogens with two attached hydrogens (primary N) is 1. The summed E-state index contributed by atoms with van der Waals surface area (Å²) < 4.78 is 31.5. The van der Waals surface area contributed by atoms with Gasteiger partial charge in [-0.25, -0.2) is 13.1 Å². The van der Waals surface area contributed by atoms with Gasteiger partial charge in [-0.1, -0.05) is 16.8 Å². The summed E-state index contributed by atoms with van der Waals surface area (Å²) in [6, 6.07) is 4.30. The fourth-order valence-corrected chi connectivity index (χ4v) is 3.12. The Morgan fingerprint density at radius 3 is 2.58 bits per heavy atom. The van der Waals surface area contributed by atoms with Crippen molar-refractivity contribution in [2.45, 2.75) is 18.7 Å². The first-order valence-electron chi connectivity index (χ1n) is 5.31. The number of benzene rings is 1. The Kier molecular flexibility index (Phi) is 3.42. The van der Waals surface area contributed by atoms with Crippen LogP contribution < -0.4 is 10.5 Å². The molecule has 0 atom stereocenters. The van der Waals surface area contributed by atoms with Crippen LogP contribution >= 0.6 is 11.6 Å². The Morgan fingerprint density at radius 1 is 1.32 bits per heavy atom. The number of nitrogen functional groups attached to an aromatic ring is 1. The molecule has 0 amide bonds. The van der Waals surface area contributed by atoms with E-state index in [0.717, 1.165) is 0 Å². The standard InChI is InChI=1S/C11H12ClN3O3S/c1-6-3-11(18-14-6)15-19(16,17)10-5-8(12)4-9(13)7(10)2/h3-5,15H,13H2,1-2H3. The first-order chi connectivity index (χ1) is 8.79. The molecule has 0 spiro atoms. The van der Waals surface area contributed by atoms with Crippen LogP contribution in [-0.4, -0.2) is 13.6 Å². The number of aryl methyl sites for hydroxylation is 1. The third-order valence-corrected chi connectivity index (χ3v) is 4.21. The molecule has 2 rings (SSSR count). The lowest BCUT2D eigenvalue weighted by atomic mass is 10.2. The summed E-state index contributed by atoms with van der Waals surface area (Å²) in [4.78, 5) is 0.00607. The van der Waals surface area contributed by atoms with Crippen molar-refractivity contribution in [2.75, 3.05) is 10.5 Å². The number of aromatic nitrogens is 1. The van der Waals surface area contributed by atoms with E-state index in [1.807, 2.05) is 0 Å². The van der Waals surface area contributed by atoms with Crippen molar-refractivity contribution in [2.24, 2.45) is 0 Å². The molecule has 102 valence electrons. The lowest BCUT2D eigenvalue weighted by Crippen LogP contribution is -2.14. The largest absolute Gasteiger partial charge is 0.398 e. The van der Waals surface area contributed by atoms with Crippen molar-refractivity contribution in [3.05, 3.63) is 34.5 Å². The monoisotopic (exact) mass is 301 g/mol. The molecule has 0 radical (unpaired) electrons. The van der Waals surface area contributed by atoms with Gasteiger partial charge in [-0.05, 0) is 31.5 Å². The highest BCUT2D eigenvalue weighted by Crippen LogP contribution is 2.27. The van der Waals surface area contributed by atoms with Crippen molar-refractivity contribution >= 4 is 33.2 Å². The van der Waals surface area contributed by atoms with Gasteiger partial charge in [0, 0.05) is 16.8 Å². The highest BCUT2D eigenvalue weighted by atomic mass is 35.5. The first kappa shape index (κ1) is 13.7. The van der Waals surface area contributed by atoms with Crippen LogP contribution in [0.15, 0.2) is 27.6 Å². The first-order valence-corrected chi connectivity index (χ1v) is 7.17. The van der Waals surface area contributed by atoms with E-state index in [2.05, 4.69) is 9.88 Å². The minimum atomic E-state index is -3.82. The maximum atomic E-state index is 12.2. The number of nitrogens with zero attached hydrogens (tertiary/aromatic N) is 1. The van der Waals surface area contributed by atoms with E-state index in [1.54, 1.807) is 13.8 Å². The molecule has 1 heterocycles. The maximum absolute atomic E-state index is 12.2. The number of hydrogen-bond acceptors (Lipinski definition) is 5. The summed E-state index contributed by atoms with van der Waals surface area (Å²) in [6.07, 6.45) is 0. The van der Waals surface area contributed by atoms with E-state index in [-0.39, 0.29) is 15.8 Å². The van der Waals surface area contributed by atoms with E-state index in [9.17, 15) is 8.42 Å². The lowest BCUT2D eigenvalue weighted by molar-refractivity contribution is 0.430. The van der Waals surface area contributed by atoms with Gasteiger partial charge in [-0.2, -0.15) is 0 Å². The van der Waals surface area contributed by atoms with Crippen LogP contribution in [0.2, 0.25) is 5.02 Å². The Balaban J connectivity index is 2.45. The number of anilines is 2. The molecule has 0 unspecified atom stereocenters. The zero-order valence-electron chi connectivity index (χ0n) is 10.3. The molecule has 6 nitrogen and oxygen atoms in total. The zero-order chi connectivity index (χ0) is 14.2. The van der Waals surface area contributed by atoms with E-state index in [4.69, 9.17) is 21.9 Å². The summed E-state index contributed by atoms with van der Waals surface area (Å²) in [5.41, 5.74) is 7.00. The minimum absolute atomic E-state index is 0.00607. The molecule has 0 bridgehead atoms. The van der Waals surface area contributed by atoms with Crippen LogP contribution in [0.25, 0.3) is 0 Å². The topological polar surface area (TPSA) is 98.2 Å². The molecule has 0 aliphatic rings. The molecule has 1 aromatic carbocycles. The van der Waals surface area contributed by atoms with E-state index in [1.165, 1.54) is 18.2 Å². The van der Waals surface area contributed by atoms with Gasteiger partial charge in [0.15, 0.2) is 0 Å². The molecule has 1 aromatic heterocycles. The Morgan fingerprint density at radius 2 is 2.00 bits per heavy atom. The predicted octanol–water partition coefficient (Wildman–Crippen LogP) is 2.33. The number of rotatable bonds is 3. The van der Waals surface area contributed by atoms with Crippen LogP contribution in [0, 0.1) is 13.8 Å². The van der Waals surface area contributed by atoms with Gasteiger partial charge in [-0.15, -0.1) is 0 Å². The van der Waals surface area contributed by atoms with Crippen LogP contribution in [0.4, 0.5) is 11.6 Å². The highest BCUT2D eigenvalue weighted by molar-refractivity contribution is 7.92. The molecule has 0 aliphatic heterocycles. The van der Waals surface area contributed by atoms with Crippen LogP contribution in [0.1, 0.15) is 11.3 Å². The summed E-state index contributed by atoms with van der Waals surface area (Å²) in [6.45, 7) is 3.29. The summed E-state index contributed by atoms with van der Waals surface area (Å²) in [7, 11) is -3.82. The molecule has 2 aromatic rings. The third kappa shape index (κ3) is 2.82. The van der Waals surface area contributed by atoms with Gasteiger partial charge in [0.25, 0.3) is 10.0 Å². The molecule has 3 N–H and O–H groups in total. The summed E-state index contributed by atoms with van der Waals surface area (Å²) >= 11 is 5.83. The average molecular weight is 302 g/mol. The highest BCUT2D eigenvalue weighted by Gasteiger charge is 2.20. The second-order valence-electron chi connectivity index (χ2n) is 4.06. The molecule has 0 saturated heterocycles. The molecule has 0 saturated carbocycles. The van der Waals surface area contributed by atoms with Crippen molar-refractivity contribution in [3.8, 4) is 0 Å². The Hall–Kier alpha value is -1.73. The minimum Gasteiger partial charge on any atom is -0.398 e. The lowest BCUT2D eigenvalue weighted by Gasteiger charge is -2.10. The molecule has 0 fully saturated rings. The second kappa shape index (κ2) is 4.75. The predicted molar refractivity (Wildman–Crippen MR) is 72.6 cm³/mol. The molecular weight excluding hydrogens is 290 g/mol. The van der Waals surface area contributed by atoms with Crippen LogP contribution in [0.5, 0.6) is 0 Å². The number of sulfonamides is 1. The smallest absolute Gasteiger partial charge is 0.264 e. The van der Waals surface area contributed by atoms with Crippen molar-refractivity contribution in [1.29, 1.82) is 0 Å². The van der Waals surface area contributed by atoms with Crippen molar-refractivity contribution in [1.82, 2.24) is 5.16 Å². The van der Waals surface area contributed by atoms with Gasteiger partial charge >= 0.3 is 0 Å². The molecule has 0 aliphatic carbocycles. The van der Waals surface area contributed by atoms with E-state index >= 15 is 0 Å². The van der Waals surface area contributed by atoms with Gasteiger partial charge in [-0.3, -0.25) is 0 Å². The fraction of sp³-hybridized carbons (Fsp3) is 0.182. The van der Waals surface area contributed by atoms with Gasteiger partial charge in [0.1, 0.15) is 0 Å². The Labute approximate surface area is 115 Å². The number of halogens is 1. The molecular formula is C11H12ClN3O3S. The quantitative estimate of drug-likeness (QED) is 0.848. The average Bonchev–Trinajstić information content (AvgIpc) is 2.68. The van der Waals surface area contributed by atoms with Crippen LogP contribution in [0.3, 0.4) is 0 Å². The normalized spacial score (nSPS) is 11.5. The summed E-state index contributed by atoms with van der Waals surface area (Å²) in [5.74, 6) is 0.0375. The third-order valence-electron chi connectivity index (χ3n) is 2.52.